The minimum absolute atomic E-state index is 0.214. The van der Waals surface area contributed by atoms with Crippen molar-refractivity contribution in [2.24, 2.45) is 10.4 Å². The van der Waals surface area contributed by atoms with E-state index in [1.54, 1.807) is 11.9 Å². The minimum Gasteiger partial charge on any atom is -0.356 e. The van der Waals surface area contributed by atoms with E-state index in [9.17, 15) is 4.79 Å². The lowest BCUT2D eigenvalue weighted by atomic mass is 9.84. The molecule has 0 radical (unpaired) electrons. The lowest BCUT2D eigenvalue weighted by molar-refractivity contribution is -0.138. The first-order chi connectivity index (χ1) is 13.6. The molecule has 8 nitrogen and oxygen atoms in total. The number of rotatable bonds is 7. The molecule has 8 heteroatoms. The highest BCUT2D eigenvalue weighted by Crippen LogP contribution is 2.38. The Morgan fingerprint density at radius 1 is 1.25 bits per heavy atom. The first kappa shape index (κ1) is 20.1. The summed E-state index contributed by atoms with van der Waals surface area (Å²) in [6.45, 7) is 1.40. The zero-order valence-electron chi connectivity index (χ0n) is 17.1. The number of guanidine groups is 1. The van der Waals surface area contributed by atoms with Gasteiger partial charge in [-0.1, -0.05) is 18.9 Å². The monoisotopic (exact) mass is 385 g/mol. The van der Waals surface area contributed by atoms with Crippen molar-refractivity contribution >= 4 is 17.5 Å². The van der Waals surface area contributed by atoms with Crippen molar-refractivity contribution in [1.82, 2.24) is 30.1 Å². The summed E-state index contributed by atoms with van der Waals surface area (Å²) in [5, 5.41) is 15.2. The second-order valence-corrected chi connectivity index (χ2v) is 7.69. The molecule has 1 saturated carbocycles. The summed E-state index contributed by atoms with van der Waals surface area (Å²) >= 11 is 0. The molecule has 1 aliphatic carbocycles. The maximum atomic E-state index is 12.7. The SMILES string of the molecule is CN=C(NCCCc1nnc2ccccn12)NCC1(C(=O)N(C)C)CCCC1. The number of aliphatic imine (C=N–C) groups is 1. The quantitative estimate of drug-likeness (QED) is 0.428. The number of pyridine rings is 1. The molecule has 0 unspecified atom stereocenters. The number of carbonyl (C=O) groups excluding carboxylic acids is 1. The smallest absolute Gasteiger partial charge is 0.230 e. The molecule has 0 atom stereocenters. The predicted octanol–water partition coefficient (Wildman–Crippen LogP) is 1.48. The van der Waals surface area contributed by atoms with E-state index in [0.717, 1.165) is 62.5 Å². The molecule has 0 spiro atoms. The summed E-state index contributed by atoms with van der Waals surface area (Å²) in [5.74, 6) is 1.91. The van der Waals surface area contributed by atoms with Crippen LogP contribution >= 0.6 is 0 Å². The zero-order chi connectivity index (χ0) is 20.0. The average molecular weight is 386 g/mol. The Balaban J connectivity index is 1.47. The number of hydrogen-bond donors (Lipinski definition) is 2. The molecule has 0 aliphatic heterocycles. The zero-order valence-corrected chi connectivity index (χ0v) is 17.1. The molecule has 1 aliphatic rings. The molecule has 1 fully saturated rings. The van der Waals surface area contributed by atoms with Crippen LogP contribution in [0.15, 0.2) is 29.4 Å². The fraction of sp³-hybridized carbons (Fsp3) is 0.600. The van der Waals surface area contributed by atoms with Crippen molar-refractivity contribution in [1.29, 1.82) is 0 Å². The van der Waals surface area contributed by atoms with Gasteiger partial charge in [-0.3, -0.25) is 14.2 Å². The number of nitrogens with one attached hydrogen (secondary N) is 2. The summed E-state index contributed by atoms with van der Waals surface area (Å²) in [5.41, 5.74) is 0.567. The van der Waals surface area contributed by atoms with Crippen LogP contribution in [0.3, 0.4) is 0 Å². The lowest BCUT2D eigenvalue weighted by Crippen LogP contribution is -2.49. The molecule has 28 heavy (non-hydrogen) atoms. The number of amides is 1. The summed E-state index contributed by atoms with van der Waals surface area (Å²) in [4.78, 5) is 18.7. The van der Waals surface area contributed by atoms with Gasteiger partial charge in [0.2, 0.25) is 5.91 Å². The first-order valence-electron chi connectivity index (χ1n) is 10.0. The molecule has 1 amide bonds. The third kappa shape index (κ3) is 4.43. The standard InChI is InChI=1S/C20H31N7O/c1-21-19(23-15-20(11-5-6-12-20)18(28)26(2)3)22-13-8-10-17-25-24-16-9-4-7-14-27(16)17/h4,7,9,14H,5-6,8,10-13,15H2,1-3H3,(H2,21,22,23). The van der Waals surface area contributed by atoms with Gasteiger partial charge in [0.25, 0.3) is 0 Å². The molecule has 3 rings (SSSR count). The molecular weight excluding hydrogens is 354 g/mol. The van der Waals surface area contributed by atoms with Crippen LogP contribution in [0.4, 0.5) is 0 Å². The number of nitrogens with zero attached hydrogens (tertiary/aromatic N) is 5. The summed E-state index contributed by atoms with van der Waals surface area (Å²) in [7, 11) is 5.43. The van der Waals surface area contributed by atoms with Gasteiger partial charge < -0.3 is 15.5 Å². The Morgan fingerprint density at radius 3 is 2.75 bits per heavy atom. The van der Waals surface area contributed by atoms with Gasteiger partial charge in [-0.05, 0) is 31.4 Å². The van der Waals surface area contributed by atoms with E-state index in [1.807, 2.05) is 42.9 Å². The molecule has 2 heterocycles. The van der Waals surface area contributed by atoms with Crippen LogP contribution in [0.25, 0.3) is 5.65 Å². The van der Waals surface area contributed by atoms with Gasteiger partial charge in [-0.25, -0.2) is 0 Å². The van der Waals surface area contributed by atoms with Crippen molar-refractivity contribution in [3.05, 3.63) is 30.2 Å². The topological polar surface area (TPSA) is 86.9 Å². The molecule has 2 aromatic heterocycles. The van der Waals surface area contributed by atoms with E-state index < -0.39 is 0 Å². The van der Waals surface area contributed by atoms with Crippen molar-refractivity contribution in [2.45, 2.75) is 38.5 Å². The average Bonchev–Trinajstić information content (AvgIpc) is 3.35. The maximum absolute atomic E-state index is 12.7. The molecule has 152 valence electrons. The predicted molar refractivity (Wildman–Crippen MR) is 110 cm³/mol. The van der Waals surface area contributed by atoms with E-state index in [-0.39, 0.29) is 11.3 Å². The van der Waals surface area contributed by atoms with Crippen molar-refractivity contribution in [3.8, 4) is 0 Å². The Kier molecular flexibility index (Phi) is 6.49. The van der Waals surface area contributed by atoms with Crippen LogP contribution in [-0.2, 0) is 11.2 Å². The molecule has 0 aromatic carbocycles. The highest BCUT2D eigenvalue weighted by Gasteiger charge is 2.42. The Hall–Kier alpha value is -2.64. The molecule has 0 saturated heterocycles. The van der Waals surface area contributed by atoms with E-state index in [4.69, 9.17) is 0 Å². The second kappa shape index (κ2) is 9.03. The van der Waals surface area contributed by atoms with Gasteiger partial charge >= 0.3 is 0 Å². The molecule has 0 bridgehead atoms. The fourth-order valence-corrected chi connectivity index (χ4v) is 3.98. The maximum Gasteiger partial charge on any atom is 0.230 e. The number of carbonyl (C=O) groups is 1. The first-order valence-corrected chi connectivity index (χ1v) is 10.0. The highest BCUT2D eigenvalue weighted by atomic mass is 16.2. The van der Waals surface area contributed by atoms with Crippen LogP contribution in [-0.4, -0.2) is 65.6 Å². The van der Waals surface area contributed by atoms with Crippen molar-refractivity contribution in [3.63, 3.8) is 0 Å². The lowest BCUT2D eigenvalue weighted by Gasteiger charge is -2.31. The Labute approximate surface area is 166 Å². The van der Waals surface area contributed by atoms with Gasteiger partial charge in [0, 0.05) is 46.9 Å². The number of aryl methyl sites for hydroxylation is 1. The summed E-state index contributed by atoms with van der Waals surface area (Å²) in [6, 6.07) is 5.90. The third-order valence-corrected chi connectivity index (χ3v) is 5.49. The molecule has 2 aromatic rings. The second-order valence-electron chi connectivity index (χ2n) is 7.69. The van der Waals surface area contributed by atoms with Crippen LogP contribution in [0.1, 0.15) is 37.9 Å². The van der Waals surface area contributed by atoms with Gasteiger partial charge in [0.05, 0.1) is 5.41 Å². The van der Waals surface area contributed by atoms with Crippen LogP contribution in [0.5, 0.6) is 0 Å². The molecule has 2 N–H and O–H groups in total. The fourth-order valence-electron chi connectivity index (χ4n) is 3.98. The van der Waals surface area contributed by atoms with Gasteiger partial charge in [0.1, 0.15) is 5.82 Å². The van der Waals surface area contributed by atoms with Gasteiger partial charge in [-0.2, -0.15) is 0 Å². The summed E-state index contributed by atoms with van der Waals surface area (Å²) < 4.78 is 2.02. The normalized spacial score (nSPS) is 16.3. The minimum atomic E-state index is -0.304. The van der Waals surface area contributed by atoms with Gasteiger partial charge in [-0.15, -0.1) is 10.2 Å². The third-order valence-electron chi connectivity index (χ3n) is 5.49. The molecular formula is C20H31N7O. The van der Waals surface area contributed by atoms with E-state index >= 15 is 0 Å². The largest absolute Gasteiger partial charge is 0.356 e. The Bertz CT molecular complexity index is 821. The van der Waals surface area contributed by atoms with Crippen molar-refractivity contribution in [2.75, 3.05) is 34.2 Å². The number of hydrogen-bond acceptors (Lipinski definition) is 4. The van der Waals surface area contributed by atoms with Crippen molar-refractivity contribution < 1.29 is 4.79 Å². The van der Waals surface area contributed by atoms with E-state index in [0.29, 0.717) is 6.54 Å². The van der Waals surface area contributed by atoms with E-state index in [2.05, 4.69) is 25.8 Å². The van der Waals surface area contributed by atoms with Crippen LogP contribution < -0.4 is 10.6 Å². The highest BCUT2D eigenvalue weighted by molar-refractivity contribution is 5.85. The number of fused-ring (bicyclic) bond motifs is 1. The summed E-state index contributed by atoms with van der Waals surface area (Å²) in [6.07, 6.45) is 7.83. The van der Waals surface area contributed by atoms with Crippen LogP contribution in [0.2, 0.25) is 0 Å². The number of aromatic nitrogens is 3. The van der Waals surface area contributed by atoms with Crippen LogP contribution in [0, 0.1) is 5.41 Å². The van der Waals surface area contributed by atoms with E-state index in [1.165, 1.54) is 0 Å². The Morgan fingerprint density at radius 2 is 2.04 bits per heavy atom. The van der Waals surface area contributed by atoms with Gasteiger partial charge in [0.15, 0.2) is 11.6 Å².